The molecule has 0 radical (unpaired) electrons. The van der Waals surface area contributed by atoms with Crippen LogP contribution >= 0.6 is 23.2 Å². The maximum Gasteiger partial charge on any atom is 0.271 e. The molecule has 1 aromatic rings. The molecule has 1 aliphatic rings. The van der Waals surface area contributed by atoms with Crippen molar-refractivity contribution in [3.63, 3.8) is 0 Å². The van der Waals surface area contributed by atoms with Crippen molar-refractivity contribution in [2.75, 3.05) is 13.1 Å². The first-order valence-corrected chi connectivity index (χ1v) is 7.62. The summed E-state index contributed by atoms with van der Waals surface area (Å²) in [7, 11) is 0. The van der Waals surface area contributed by atoms with Crippen LogP contribution in [0.15, 0.2) is 12.1 Å². The van der Waals surface area contributed by atoms with E-state index in [1.807, 2.05) is 6.92 Å². The van der Waals surface area contributed by atoms with Gasteiger partial charge >= 0.3 is 0 Å². The molecule has 1 aliphatic carbocycles. The van der Waals surface area contributed by atoms with Crippen LogP contribution in [0.2, 0.25) is 10.0 Å². The van der Waals surface area contributed by atoms with E-state index in [0.717, 1.165) is 25.3 Å². The summed E-state index contributed by atoms with van der Waals surface area (Å²) in [5, 5.41) is 11.0. The first kappa shape index (κ1) is 16.0. The Balaban J connectivity index is 2.32. The summed E-state index contributed by atoms with van der Waals surface area (Å²) < 4.78 is 0. The fraction of sp³-hybridized carbons (Fsp3) is 0.500. The van der Waals surface area contributed by atoms with Gasteiger partial charge in [-0.2, -0.15) is 0 Å². The van der Waals surface area contributed by atoms with Crippen LogP contribution in [-0.2, 0) is 0 Å². The second kappa shape index (κ2) is 6.62. The summed E-state index contributed by atoms with van der Waals surface area (Å²) in [6.07, 6.45) is 3.06. The minimum atomic E-state index is -0.579. The highest BCUT2D eigenvalue weighted by molar-refractivity contribution is 6.44. The van der Waals surface area contributed by atoms with Gasteiger partial charge in [0.25, 0.3) is 11.6 Å². The molecule has 0 saturated heterocycles. The Morgan fingerprint density at radius 3 is 2.62 bits per heavy atom. The van der Waals surface area contributed by atoms with E-state index in [2.05, 4.69) is 0 Å². The van der Waals surface area contributed by atoms with Crippen LogP contribution in [0.4, 0.5) is 5.69 Å². The number of amides is 1. The normalized spacial score (nSPS) is 14.0. The number of halogens is 2. The highest BCUT2D eigenvalue weighted by atomic mass is 35.5. The van der Waals surface area contributed by atoms with Crippen molar-refractivity contribution in [2.24, 2.45) is 5.92 Å². The molecule has 5 nitrogen and oxygen atoms in total. The number of non-ortho nitro benzene ring substituents is 1. The Labute approximate surface area is 133 Å². The fourth-order valence-corrected chi connectivity index (χ4v) is 2.57. The standard InChI is InChI=1S/C14H16Cl2N2O3/c1-2-5-17(8-9-3-4-9)14(19)11-6-10(18(20)21)7-12(15)13(11)16/h6-7,9H,2-5,8H2,1H3. The second-order valence-corrected chi connectivity index (χ2v) is 6.03. The largest absolute Gasteiger partial charge is 0.338 e. The molecular formula is C14H16Cl2N2O3. The predicted octanol–water partition coefficient (Wildman–Crippen LogP) is 4.16. The molecule has 0 aromatic heterocycles. The van der Waals surface area contributed by atoms with E-state index in [-0.39, 0.29) is 27.2 Å². The van der Waals surface area contributed by atoms with E-state index >= 15 is 0 Å². The zero-order valence-corrected chi connectivity index (χ0v) is 13.2. The summed E-state index contributed by atoms with van der Waals surface area (Å²) in [5.74, 6) is 0.243. The van der Waals surface area contributed by atoms with Crippen LogP contribution in [0.3, 0.4) is 0 Å². The number of nitro benzene ring substituents is 1. The Bertz CT molecular complexity index is 574. The monoisotopic (exact) mass is 330 g/mol. The smallest absolute Gasteiger partial charge is 0.271 e. The van der Waals surface area contributed by atoms with E-state index in [0.29, 0.717) is 19.0 Å². The maximum atomic E-state index is 12.6. The van der Waals surface area contributed by atoms with Crippen molar-refractivity contribution in [3.8, 4) is 0 Å². The Hall–Kier alpha value is -1.33. The lowest BCUT2D eigenvalue weighted by atomic mass is 10.1. The highest BCUT2D eigenvalue weighted by Crippen LogP contribution is 2.34. The molecule has 2 rings (SSSR count). The van der Waals surface area contributed by atoms with Crippen molar-refractivity contribution in [1.82, 2.24) is 4.90 Å². The van der Waals surface area contributed by atoms with Gasteiger partial charge in [0.1, 0.15) is 0 Å². The van der Waals surface area contributed by atoms with Gasteiger partial charge in [0.15, 0.2) is 0 Å². The summed E-state index contributed by atoms with van der Waals surface area (Å²) in [6.45, 7) is 3.25. The first-order chi connectivity index (χ1) is 9.93. The van der Waals surface area contributed by atoms with Gasteiger partial charge in [-0.3, -0.25) is 14.9 Å². The van der Waals surface area contributed by atoms with Gasteiger partial charge in [0.2, 0.25) is 0 Å². The van der Waals surface area contributed by atoms with Crippen molar-refractivity contribution >= 4 is 34.8 Å². The molecule has 1 aromatic carbocycles. The predicted molar refractivity (Wildman–Crippen MR) is 82.0 cm³/mol. The molecule has 0 spiro atoms. The molecule has 1 saturated carbocycles. The lowest BCUT2D eigenvalue weighted by Gasteiger charge is -2.22. The third kappa shape index (κ3) is 3.86. The topological polar surface area (TPSA) is 63.5 Å². The second-order valence-electron chi connectivity index (χ2n) is 5.24. The van der Waals surface area contributed by atoms with Crippen LogP contribution in [-0.4, -0.2) is 28.8 Å². The number of hydrogen-bond donors (Lipinski definition) is 0. The van der Waals surface area contributed by atoms with Crippen molar-refractivity contribution in [3.05, 3.63) is 37.9 Å². The molecule has 0 N–H and O–H groups in total. The number of nitro groups is 1. The zero-order valence-electron chi connectivity index (χ0n) is 11.6. The van der Waals surface area contributed by atoms with Gasteiger partial charge in [-0.25, -0.2) is 0 Å². The van der Waals surface area contributed by atoms with E-state index in [9.17, 15) is 14.9 Å². The Morgan fingerprint density at radius 1 is 1.43 bits per heavy atom. The molecule has 7 heteroatoms. The van der Waals surface area contributed by atoms with Crippen LogP contribution < -0.4 is 0 Å². The van der Waals surface area contributed by atoms with Crippen molar-refractivity contribution in [1.29, 1.82) is 0 Å². The average molecular weight is 331 g/mol. The van der Waals surface area contributed by atoms with Crippen LogP contribution in [0.5, 0.6) is 0 Å². The van der Waals surface area contributed by atoms with Crippen LogP contribution in [0.1, 0.15) is 36.5 Å². The number of benzene rings is 1. The molecule has 0 aliphatic heterocycles. The van der Waals surface area contributed by atoms with Crippen molar-refractivity contribution < 1.29 is 9.72 Å². The summed E-state index contributed by atoms with van der Waals surface area (Å²) >= 11 is 12.0. The molecular weight excluding hydrogens is 315 g/mol. The van der Waals surface area contributed by atoms with E-state index in [1.165, 1.54) is 6.07 Å². The van der Waals surface area contributed by atoms with Gasteiger partial charge < -0.3 is 4.90 Å². The molecule has 1 amide bonds. The van der Waals surface area contributed by atoms with Gasteiger partial charge in [0.05, 0.1) is 20.5 Å². The Morgan fingerprint density at radius 2 is 2.10 bits per heavy atom. The summed E-state index contributed by atoms with van der Waals surface area (Å²) in [5.41, 5.74) is -0.124. The van der Waals surface area contributed by atoms with Gasteiger partial charge in [-0.1, -0.05) is 30.1 Å². The fourth-order valence-electron chi connectivity index (χ4n) is 2.16. The molecule has 0 bridgehead atoms. The van der Waals surface area contributed by atoms with Crippen LogP contribution in [0.25, 0.3) is 0 Å². The van der Waals surface area contributed by atoms with Gasteiger partial charge in [0, 0.05) is 25.2 Å². The molecule has 0 atom stereocenters. The van der Waals surface area contributed by atoms with E-state index in [1.54, 1.807) is 4.90 Å². The minimum absolute atomic E-state index is 0.0251. The maximum absolute atomic E-state index is 12.6. The average Bonchev–Trinajstić information content (AvgIpc) is 3.24. The molecule has 0 heterocycles. The minimum Gasteiger partial charge on any atom is -0.338 e. The third-order valence-corrected chi connectivity index (χ3v) is 4.21. The lowest BCUT2D eigenvalue weighted by Crippen LogP contribution is -2.33. The van der Waals surface area contributed by atoms with E-state index < -0.39 is 4.92 Å². The quantitative estimate of drug-likeness (QED) is 0.581. The number of hydrogen-bond acceptors (Lipinski definition) is 3. The van der Waals surface area contributed by atoms with Crippen LogP contribution in [0, 0.1) is 16.0 Å². The molecule has 1 fully saturated rings. The number of nitrogens with zero attached hydrogens (tertiary/aromatic N) is 2. The van der Waals surface area contributed by atoms with Crippen molar-refractivity contribution in [2.45, 2.75) is 26.2 Å². The Kier molecular flexibility index (Phi) is 5.06. The first-order valence-electron chi connectivity index (χ1n) is 6.86. The summed E-state index contributed by atoms with van der Waals surface area (Å²) in [6, 6.07) is 2.36. The number of carbonyl (C=O) groups is 1. The van der Waals surface area contributed by atoms with E-state index in [4.69, 9.17) is 23.2 Å². The highest BCUT2D eigenvalue weighted by Gasteiger charge is 2.29. The molecule has 21 heavy (non-hydrogen) atoms. The number of carbonyl (C=O) groups excluding carboxylic acids is 1. The van der Waals surface area contributed by atoms with Gasteiger partial charge in [-0.05, 0) is 25.2 Å². The van der Waals surface area contributed by atoms with Gasteiger partial charge in [-0.15, -0.1) is 0 Å². The summed E-state index contributed by atoms with van der Waals surface area (Å²) in [4.78, 5) is 24.6. The SMILES string of the molecule is CCCN(CC1CC1)C(=O)c1cc([N+](=O)[O-])cc(Cl)c1Cl. The third-order valence-electron chi connectivity index (χ3n) is 3.41. The molecule has 0 unspecified atom stereocenters. The molecule has 114 valence electrons. The zero-order chi connectivity index (χ0) is 15.6. The number of rotatable bonds is 6. The lowest BCUT2D eigenvalue weighted by molar-refractivity contribution is -0.384.